The SMILES string of the molecule is C=CC1C(Cl)C1C(=O)OCC. The molecule has 11 heavy (non-hydrogen) atoms. The molecule has 0 aromatic rings. The number of hydrogen-bond donors (Lipinski definition) is 0. The number of rotatable bonds is 3. The molecule has 1 aliphatic rings. The van der Waals surface area contributed by atoms with Gasteiger partial charge in [0.25, 0.3) is 0 Å². The Morgan fingerprint density at radius 2 is 2.45 bits per heavy atom. The fourth-order valence-electron chi connectivity index (χ4n) is 1.10. The second kappa shape index (κ2) is 3.26. The highest BCUT2D eigenvalue weighted by Gasteiger charge is 2.53. The summed E-state index contributed by atoms with van der Waals surface area (Å²) in [6.45, 7) is 5.78. The van der Waals surface area contributed by atoms with E-state index >= 15 is 0 Å². The predicted octanol–water partition coefficient (Wildman–Crippen LogP) is 1.59. The molecule has 0 heterocycles. The smallest absolute Gasteiger partial charge is 0.311 e. The summed E-state index contributed by atoms with van der Waals surface area (Å²) in [5.41, 5.74) is 0. The van der Waals surface area contributed by atoms with Crippen LogP contribution >= 0.6 is 11.6 Å². The Balaban J connectivity index is 2.39. The van der Waals surface area contributed by atoms with Crippen molar-refractivity contribution in [3.05, 3.63) is 12.7 Å². The molecular formula is C8H11ClO2. The fourth-order valence-corrected chi connectivity index (χ4v) is 1.54. The number of halogens is 1. The molecule has 3 atom stereocenters. The molecule has 62 valence electrons. The van der Waals surface area contributed by atoms with Crippen molar-refractivity contribution in [3.63, 3.8) is 0 Å². The lowest BCUT2D eigenvalue weighted by Crippen LogP contribution is -2.08. The van der Waals surface area contributed by atoms with Crippen LogP contribution in [0.4, 0.5) is 0 Å². The van der Waals surface area contributed by atoms with Gasteiger partial charge in [0, 0.05) is 5.92 Å². The van der Waals surface area contributed by atoms with Crippen LogP contribution in [0.2, 0.25) is 0 Å². The molecule has 3 unspecified atom stereocenters. The van der Waals surface area contributed by atoms with Gasteiger partial charge in [0.2, 0.25) is 0 Å². The van der Waals surface area contributed by atoms with Crippen molar-refractivity contribution in [3.8, 4) is 0 Å². The summed E-state index contributed by atoms with van der Waals surface area (Å²) in [6, 6.07) is 0. The maximum absolute atomic E-state index is 11.0. The lowest BCUT2D eigenvalue weighted by Gasteiger charge is -1.97. The fraction of sp³-hybridized carbons (Fsp3) is 0.625. The molecule has 1 rings (SSSR count). The summed E-state index contributed by atoms with van der Waals surface area (Å²) < 4.78 is 4.80. The molecule has 2 nitrogen and oxygen atoms in total. The number of ether oxygens (including phenoxy) is 1. The van der Waals surface area contributed by atoms with E-state index in [0.29, 0.717) is 6.61 Å². The molecule has 0 N–H and O–H groups in total. The highest BCUT2D eigenvalue weighted by Crippen LogP contribution is 2.45. The highest BCUT2D eigenvalue weighted by atomic mass is 35.5. The molecule has 1 saturated carbocycles. The maximum Gasteiger partial charge on any atom is 0.311 e. The average molecular weight is 175 g/mol. The lowest BCUT2D eigenvalue weighted by molar-refractivity contribution is -0.144. The van der Waals surface area contributed by atoms with Crippen LogP contribution in [0.3, 0.4) is 0 Å². The maximum atomic E-state index is 11.0. The third kappa shape index (κ3) is 1.56. The van der Waals surface area contributed by atoms with Gasteiger partial charge in [-0.15, -0.1) is 18.2 Å². The van der Waals surface area contributed by atoms with Crippen LogP contribution in [0.1, 0.15) is 6.92 Å². The Morgan fingerprint density at radius 1 is 1.82 bits per heavy atom. The summed E-state index contributed by atoms with van der Waals surface area (Å²) in [5.74, 6) is -0.220. The summed E-state index contributed by atoms with van der Waals surface area (Å²) in [4.78, 5) is 11.0. The molecular weight excluding hydrogens is 164 g/mol. The van der Waals surface area contributed by atoms with Crippen LogP contribution in [0, 0.1) is 11.8 Å². The van der Waals surface area contributed by atoms with Gasteiger partial charge in [0.1, 0.15) is 0 Å². The second-order valence-electron chi connectivity index (χ2n) is 2.54. The minimum atomic E-state index is -0.197. The molecule has 0 radical (unpaired) electrons. The van der Waals surface area contributed by atoms with Gasteiger partial charge in [0.15, 0.2) is 0 Å². The van der Waals surface area contributed by atoms with Gasteiger partial charge in [-0.3, -0.25) is 4.79 Å². The monoisotopic (exact) mass is 174 g/mol. The van der Waals surface area contributed by atoms with Crippen LogP contribution in [0.25, 0.3) is 0 Å². The van der Waals surface area contributed by atoms with E-state index in [4.69, 9.17) is 16.3 Å². The standard InChI is InChI=1S/C8H11ClO2/c1-3-5-6(7(5)9)8(10)11-4-2/h3,5-7H,1,4H2,2H3. The van der Waals surface area contributed by atoms with Crippen molar-refractivity contribution < 1.29 is 9.53 Å². The molecule has 1 aliphatic carbocycles. The quantitative estimate of drug-likeness (QED) is 0.369. The van der Waals surface area contributed by atoms with Gasteiger partial charge in [-0.25, -0.2) is 0 Å². The van der Waals surface area contributed by atoms with E-state index in [1.165, 1.54) is 0 Å². The normalized spacial score (nSPS) is 34.5. The van der Waals surface area contributed by atoms with Crippen LogP contribution in [0.5, 0.6) is 0 Å². The Kier molecular flexibility index (Phi) is 2.55. The number of hydrogen-bond acceptors (Lipinski definition) is 2. The van der Waals surface area contributed by atoms with E-state index in [1.54, 1.807) is 13.0 Å². The lowest BCUT2D eigenvalue weighted by atomic mass is 10.3. The van der Waals surface area contributed by atoms with Gasteiger partial charge in [-0.2, -0.15) is 0 Å². The minimum Gasteiger partial charge on any atom is -0.466 e. The molecule has 0 aliphatic heterocycles. The summed E-state index contributed by atoms with van der Waals surface area (Å²) in [7, 11) is 0. The number of carbonyl (C=O) groups is 1. The summed E-state index contributed by atoms with van der Waals surface area (Å²) in [5, 5.41) is -0.0912. The van der Waals surface area contributed by atoms with E-state index < -0.39 is 0 Å². The summed E-state index contributed by atoms with van der Waals surface area (Å²) >= 11 is 5.78. The Bertz CT molecular complexity index is 179. The number of alkyl halides is 1. The first-order valence-electron chi connectivity index (χ1n) is 3.65. The first kappa shape index (κ1) is 8.60. The van der Waals surface area contributed by atoms with Crippen LogP contribution in [0.15, 0.2) is 12.7 Å². The van der Waals surface area contributed by atoms with Gasteiger partial charge in [-0.1, -0.05) is 6.08 Å². The summed E-state index contributed by atoms with van der Waals surface area (Å²) in [6.07, 6.45) is 1.71. The van der Waals surface area contributed by atoms with Crippen LogP contribution < -0.4 is 0 Å². The molecule has 0 bridgehead atoms. The predicted molar refractivity (Wildman–Crippen MR) is 43.5 cm³/mol. The van der Waals surface area contributed by atoms with Crippen molar-refractivity contribution in [2.75, 3.05) is 6.61 Å². The zero-order valence-electron chi connectivity index (χ0n) is 6.42. The van der Waals surface area contributed by atoms with Crippen LogP contribution in [-0.4, -0.2) is 18.0 Å². The molecule has 0 spiro atoms. The van der Waals surface area contributed by atoms with Gasteiger partial charge >= 0.3 is 5.97 Å². The Labute approximate surface area is 71.2 Å². The zero-order valence-corrected chi connectivity index (χ0v) is 7.17. The van der Waals surface area contributed by atoms with Gasteiger partial charge in [0.05, 0.1) is 17.9 Å². The van der Waals surface area contributed by atoms with Crippen molar-refractivity contribution in [2.45, 2.75) is 12.3 Å². The van der Waals surface area contributed by atoms with E-state index in [2.05, 4.69) is 6.58 Å². The third-order valence-electron chi connectivity index (χ3n) is 1.82. The third-order valence-corrected chi connectivity index (χ3v) is 2.38. The number of allylic oxidation sites excluding steroid dienone is 1. The molecule has 3 heteroatoms. The van der Waals surface area contributed by atoms with E-state index in [1.807, 2.05) is 0 Å². The van der Waals surface area contributed by atoms with Crippen molar-refractivity contribution in [2.24, 2.45) is 11.8 Å². The average Bonchev–Trinajstić information content (AvgIpc) is 2.61. The minimum absolute atomic E-state index is 0.0912. The van der Waals surface area contributed by atoms with Gasteiger partial charge in [-0.05, 0) is 6.92 Å². The number of esters is 1. The molecule has 0 aromatic heterocycles. The highest BCUT2D eigenvalue weighted by molar-refractivity contribution is 6.25. The van der Waals surface area contributed by atoms with Crippen molar-refractivity contribution in [1.29, 1.82) is 0 Å². The molecule has 0 aromatic carbocycles. The van der Waals surface area contributed by atoms with E-state index in [0.717, 1.165) is 0 Å². The Morgan fingerprint density at radius 3 is 2.82 bits per heavy atom. The van der Waals surface area contributed by atoms with Gasteiger partial charge < -0.3 is 4.74 Å². The number of carbonyl (C=O) groups excluding carboxylic acids is 1. The molecule has 0 amide bonds. The van der Waals surface area contributed by atoms with Crippen molar-refractivity contribution >= 4 is 17.6 Å². The topological polar surface area (TPSA) is 26.3 Å². The first-order valence-corrected chi connectivity index (χ1v) is 4.09. The Hall–Kier alpha value is -0.500. The molecule has 0 saturated heterocycles. The first-order chi connectivity index (χ1) is 5.22. The zero-order chi connectivity index (χ0) is 8.43. The largest absolute Gasteiger partial charge is 0.466 e. The van der Waals surface area contributed by atoms with Crippen molar-refractivity contribution in [1.82, 2.24) is 0 Å². The van der Waals surface area contributed by atoms with E-state index in [9.17, 15) is 4.79 Å². The van der Waals surface area contributed by atoms with E-state index in [-0.39, 0.29) is 23.2 Å². The molecule has 1 fully saturated rings. The van der Waals surface area contributed by atoms with Crippen LogP contribution in [-0.2, 0) is 9.53 Å². The second-order valence-corrected chi connectivity index (χ2v) is 3.04.